The van der Waals surface area contributed by atoms with E-state index in [0.717, 1.165) is 0 Å². The van der Waals surface area contributed by atoms with Crippen LogP contribution in [-0.2, 0) is 18.1 Å². The van der Waals surface area contributed by atoms with E-state index in [0.29, 0.717) is 0 Å². The van der Waals surface area contributed by atoms with E-state index < -0.39 is 18.2 Å². The molecule has 0 spiro atoms. The third-order valence-corrected chi connectivity index (χ3v) is 3.82. The first-order valence-electron chi connectivity index (χ1n) is 3.95. The molecule has 0 aliphatic carbocycles. The average molecular weight is 285 g/mol. The largest absolute Gasteiger partial charge is 0.476 e. The molecule has 0 heterocycles. The minimum Gasteiger partial charge on any atom is -0.287 e. The highest BCUT2D eigenvalue weighted by atomic mass is 35.5. The summed E-state index contributed by atoms with van der Waals surface area (Å²) in [6.07, 6.45) is 0. The summed E-state index contributed by atoms with van der Waals surface area (Å²) < 4.78 is 26.1. The van der Waals surface area contributed by atoms with Crippen molar-refractivity contribution in [3.8, 4) is 0 Å². The fourth-order valence-electron chi connectivity index (χ4n) is 0.584. The zero-order valence-electron chi connectivity index (χ0n) is 7.78. The SMILES string of the molecule is CCOP(=O)(OCC)OC(Cl)C(Cl)Cl. The average Bonchev–Trinajstić information content (AvgIpc) is 2.04. The Labute approximate surface area is 98.4 Å². The van der Waals surface area contributed by atoms with Gasteiger partial charge in [0.05, 0.1) is 13.2 Å². The van der Waals surface area contributed by atoms with Crippen molar-refractivity contribution >= 4 is 42.6 Å². The summed E-state index contributed by atoms with van der Waals surface area (Å²) >= 11 is 16.4. The Balaban J connectivity index is 4.28. The summed E-state index contributed by atoms with van der Waals surface area (Å²) in [5.41, 5.74) is -1.14. The molecule has 0 saturated carbocycles. The van der Waals surface area contributed by atoms with Crippen molar-refractivity contribution in [3.05, 3.63) is 0 Å². The maximum atomic E-state index is 11.7. The minimum absolute atomic E-state index is 0.177. The summed E-state index contributed by atoms with van der Waals surface area (Å²) in [5, 5.41) is 0. The molecule has 86 valence electrons. The van der Waals surface area contributed by atoms with Gasteiger partial charge in [0.2, 0.25) is 0 Å². The fourth-order valence-corrected chi connectivity index (χ4v) is 2.32. The maximum Gasteiger partial charge on any atom is 0.476 e. The molecule has 0 amide bonds. The summed E-state index contributed by atoms with van der Waals surface area (Å²) in [7, 11) is -3.63. The standard InChI is InChI=1S/C6H12Cl3O4P/c1-3-11-14(10,12-4-2)13-6(9)5(7)8/h5-6H,3-4H2,1-2H3. The zero-order valence-corrected chi connectivity index (χ0v) is 10.9. The second-order valence-electron chi connectivity index (χ2n) is 2.07. The van der Waals surface area contributed by atoms with Crippen LogP contribution in [0.3, 0.4) is 0 Å². The van der Waals surface area contributed by atoms with Crippen LogP contribution in [-0.4, -0.2) is 23.6 Å². The molecule has 0 rings (SSSR count). The van der Waals surface area contributed by atoms with Crippen LogP contribution in [0, 0.1) is 0 Å². The Bertz CT molecular complexity index is 192. The molecule has 0 fully saturated rings. The second kappa shape index (κ2) is 7.29. The van der Waals surface area contributed by atoms with Crippen molar-refractivity contribution in [2.75, 3.05) is 13.2 Å². The van der Waals surface area contributed by atoms with Crippen LogP contribution in [0.1, 0.15) is 13.8 Å². The summed E-state index contributed by atoms with van der Waals surface area (Å²) in [5.74, 6) is 0. The van der Waals surface area contributed by atoms with Crippen LogP contribution in [0.15, 0.2) is 0 Å². The van der Waals surface area contributed by atoms with Gasteiger partial charge in [-0.3, -0.25) is 13.6 Å². The third kappa shape index (κ3) is 5.76. The number of alkyl halides is 3. The number of rotatable bonds is 7. The van der Waals surface area contributed by atoms with Crippen molar-refractivity contribution in [1.29, 1.82) is 0 Å². The number of halogens is 3. The van der Waals surface area contributed by atoms with E-state index in [9.17, 15) is 4.57 Å². The van der Waals surface area contributed by atoms with E-state index in [1.54, 1.807) is 13.8 Å². The molecule has 0 aliphatic rings. The fraction of sp³-hybridized carbons (Fsp3) is 1.00. The molecule has 0 aromatic rings. The highest BCUT2D eigenvalue weighted by Crippen LogP contribution is 2.51. The van der Waals surface area contributed by atoms with Crippen molar-refractivity contribution < 1.29 is 18.1 Å². The molecule has 8 heteroatoms. The van der Waals surface area contributed by atoms with Gasteiger partial charge in [0.1, 0.15) is 4.84 Å². The lowest BCUT2D eigenvalue weighted by atomic mass is 10.8. The van der Waals surface area contributed by atoms with Crippen molar-refractivity contribution in [2.24, 2.45) is 0 Å². The Morgan fingerprint density at radius 2 is 1.57 bits per heavy atom. The molecule has 1 unspecified atom stereocenters. The summed E-state index contributed by atoms with van der Waals surface area (Å²) in [6.45, 7) is 3.65. The molecular formula is C6H12Cl3O4P. The molecule has 0 N–H and O–H groups in total. The molecule has 0 radical (unpaired) electrons. The van der Waals surface area contributed by atoms with E-state index in [1.807, 2.05) is 0 Å². The molecule has 0 aromatic carbocycles. The van der Waals surface area contributed by atoms with E-state index in [2.05, 4.69) is 0 Å². The number of phosphoric ester groups is 1. The van der Waals surface area contributed by atoms with Gasteiger partial charge in [0.15, 0.2) is 5.56 Å². The normalized spacial score (nSPS) is 14.7. The zero-order chi connectivity index (χ0) is 11.2. The van der Waals surface area contributed by atoms with Gasteiger partial charge in [0, 0.05) is 0 Å². The molecule has 1 atom stereocenters. The molecule has 0 bridgehead atoms. The highest BCUT2D eigenvalue weighted by Gasteiger charge is 2.31. The second-order valence-corrected chi connectivity index (χ2v) is 5.29. The number of hydrogen-bond acceptors (Lipinski definition) is 4. The van der Waals surface area contributed by atoms with Gasteiger partial charge in [0.25, 0.3) is 0 Å². The van der Waals surface area contributed by atoms with Gasteiger partial charge in [-0.15, -0.1) is 23.2 Å². The van der Waals surface area contributed by atoms with Crippen LogP contribution in [0.25, 0.3) is 0 Å². The Morgan fingerprint density at radius 1 is 1.14 bits per heavy atom. The summed E-state index contributed by atoms with van der Waals surface area (Å²) in [6, 6.07) is 0. The van der Waals surface area contributed by atoms with Gasteiger partial charge in [-0.1, -0.05) is 11.6 Å². The van der Waals surface area contributed by atoms with Crippen LogP contribution >= 0.6 is 42.6 Å². The van der Waals surface area contributed by atoms with E-state index in [-0.39, 0.29) is 13.2 Å². The third-order valence-electron chi connectivity index (χ3n) is 1.00. The quantitative estimate of drug-likeness (QED) is 0.530. The maximum absolute atomic E-state index is 11.7. The van der Waals surface area contributed by atoms with Crippen molar-refractivity contribution in [1.82, 2.24) is 0 Å². The van der Waals surface area contributed by atoms with Crippen LogP contribution in [0.2, 0.25) is 0 Å². The molecule has 4 nitrogen and oxygen atoms in total. The number of hydrogen-bond donors (Lipinski definition) is 0. The lowest BCUT2D eigenvalue weighted by Gasteiger charge is -2.19. The molecular weight excluding hydrogens is 273 g/mol. The van der Waals surface area contributed by atoms with Crippen LogP contribution in [0.5, 0.6) is 0 Å². The van der Waals surface area contributed by atoms with E-state index in [4.69, 9.17) is 48.4 Å². The lowest BCUT2D eigenvalue weighted by molar-refractivity contribution is 0.114. The van der Waals surface area contributed by atoms with Crippen molar-refractivity contribution in [2.45, 2.75) is 24.2 Å². The number of phosphoric acid groups is 1. The molecule has 0 aliphatic heterocycles. The first-order valence-corrected chi connectivity index (χ1v) is 6.72. The van der Waals surface area contributed by atoms with Crippen LogP contribution < -0.4 is 0 Å². The van der Waals surface area contributed by atoms with E-state index in [1.165, 1.54) is 0 Å². The first-order chi connectivity index (χ1) is 6.45. The summed E-state index contributed by atoms with van der Waals surface area (Å²) in [4.78, 5) is -1.01. The van der Waals surface area contributed by atoms with Gasteiger partial charge < -0.3 is 0 Å². The van der Waals surface area contributed by atoms with Gasteiger partial charge in [-0.05, 0) is 13.8 Å². The van der Waals surface area contributed by atoms with Gasteiger partial charge in [-0.2, -0.15) is 0 Å². The van der Waals surface area contributed by atoms with Crippen molar-refractivity contribution in [3.63, 3.8) is 0 Å². The Hall–Kier alpha value is 0.980. The Morgan fingerprint density at radius 3 is 1.86 bits per heavy atom. The first kappa shape index (κ1) is 15.0. The molecule has 0 aromatic heterocycles. The smallest absolute Gasteiger partial charge is 0.287 e. The minimum atomic E-state index is -3.63. The van der Waals surface area contributed by atoms with E-state index >= 15 is 0 Å². The molecule has 14 heavy (non-hydrogen) atoms. The highest BCUT2D eigenvalue weighted by molar-refractivity contribution is 7.48. The molecule has 0 saturated heterocycles. The van der Waals surface area contributed by atoms with Gasteiger partial charge >= 0.3 is 7.82 Å². The topological polar surface area (TPSA) is 44.8 Å². The van der Waals surface area contributed by atoms with Gasteiger partial charge in [-0.25, -0.2) is 4.57 Å². The Kier molecular flexibility index (Phi) is 7.80. The van der Waals surface area contributed by atoms with Crippen LogP contribution in [0.4, 0.5) is 0 Å². The monoisotopic (exact) mass is 284 g/mol. The predicted molar refractivity (Wildman–Crippen MR) is 57.1 cm³/mol. The predicted octanol–water partition coefficient (Wildman–Crippen LogP) is 3.55. The lowest BCUT2D eigenvalue weighted by Crippen LogP contribution is -2.14.